The summed E-state index contributed by atoms with van der Waals surface area (Å²) in [4.78, 5) is 12.4. The molecule has 5 nitrogen and oxygen atoms in total. The topological polar surface area (TPSA) is 90.4 Å². The fraction of sp³-hybridized carbons (Fsp3) is 0.316. The van der Waals surface area contributed by atoms with Crippen molar-refractivity contribution in [2.45, 2.75) is 38.5 Å². The van der Waals surface area contributed by atoms with E-state index in [4.69, 9.17) is 11.5 Å². The second-order valence-corrected chi connectivity index (χ2v) is 6.27. The number of anilines is 1. The molecule has 0 saturated heterocycles. The van der Waals surface area contributed by atoms with Crippen molar-refractivity contribution in [3.63, 3.8) is 0 Å². The molecule has 0 heterocycles. The smallest absolute Gasteiger partial charge is 0.387 e. The maximum absolute atomic E-state index is 12.4. The minimum Gasteiger partial charge on any atom is -0.435 e. The Hall–Kier alpha value is -2.67. The number of hydrogen-bond donors (Lipinski definition) is 3. The number of nitrogens with two attached hydrogens (primary N) is 2. The lowest BCUT2D eigenvalue weighted by atomic mass is 9.96. The normalized spacial score (nSPS) is 13.7. The summed E-state index contributed by atoms with van der Waals surface area (Å²) >= 11 is 0. The number of rotatable bonds is 7. The Morgan fingerprint density at radius 3 is 2.42 bits per heavy atom. The average molecular weight is 361 g/mol. The summed E-state index contributed by atoms with van der Waals surface area (Å²) in [6.07, 6.45) is 2.25. The fourth-order valence-corrected chi connectivity index (χ4v) is 3.01. The lowest BCUT2D eigenvalue weighted by Gasteiger charge is -2.17. The highest BCUT2D eigenvalue weighted by molar-refractivity contribution is 5.94. The van der Waals surface area contributed by atoms with Crippen LogP contribution in [0, 0.1) is 0 Å². The predicted molar refractivity (Wildman–Crippen MR) is 95.0 cm³/mol. The summed E-state index contributed by atoms with van der Waals surface area (Å²) < 4.78 is 28.6. The van der Waals surface area contributed by atoms with E-state index >= 15 is 0 Å². The zero-order valence-corrected chi connectivity index (χ0v) is 14.2. The Balaban J connectivity index is 1.72. The van der Waals surface area contributed by atoms with Gasteiger partial charge in [-0.1, -0.05) is 6.07 Å². The molecule has 0 bridgehead atoms. The Labute approximate surface area is 150 Å². The van der Waals surface area contributed by atoms with Crippen LogP contribution < -0.4 is 21.5 Å². The van der Waals surface area contributed by atoms with Crippen LogP contribution in [0.25, 0.3) is 0 Å². The van der Waals surface area contributed by atoms with E-state index in [1.807, 2.05) is 12.1 Å². The van der Waals surface area contributed by atoms with Crippen LogP contribution in [-0.4, -0.2) is 12.5 Å². The zero-order valence-electron chi connectivity index (χ0n) is 14.2. The molecule has 0 aliphatic heterocycles. The molecule has 0 atom stereocenters. The molecule has 1 fully saturated rings. The van der Waals surface area contributed by atoms with E-state index in [0.29, 0.717) is 30.3 Å². The highest BCUT2D eigenvalue weighted by Crippen LogP contribution is 2.43. The standard InChI is InChI=1S/C19H21F2N3O2/c20-19(21)26-13-5-3-12(4-6-13)18(25)24-10-16-14(11-1-2-11)7-8-17(23)15(16)9-22/h3-8,11,19H,1-2,9-10,22-23H2,(H,24,25). The van der Waals surface area contributed by atoms with Gasteiger partial charge in [-0.05, 0) is 65.8 Å². The Morgan fingerprint density at radius 2 is 1.85 bits per heavy atom. The van der Waals surface area contributed by atoms with Crippen LogP contribution in [0.5, 0.6) is 5.75 Å². The van der Waals surface area contributed by atoms with Crippen molar-refractivity contribution in [3.8, 4) is 5.75 Å². The molecule has 138 valence electrons. The summed E-state index contributed by atoms with van der Waals surface area (Å²) in [5.74, 6) is 0.202. The minimum atomic E-state index is -2.89. The van der Waals surface area contributed by atoms with Gasteiger partial charge in [-0.3, -0.25) is 4.79 Å². The number of hydrogen-bond acceptors (Lipinski definition) is 4. The zero-order chi connectivity index (χ0) is 18.7. The molecule has 1 amide bonds. The van der Waals surface area contributed by atoms with E-state index in [0.717, 1.165) is 24.0 Å². The Bertz CT molecular complexity index is 790. The van der Waals surface area contributed by atoms with Crippen molar-refractivity contribution in [1.82, 2.24) is 5.32 Å². The van der Waals surface area contributed by atoms with Gasteiger partial charge >= 0.3 is 6.61 Å². The van der Waals surface area contributed by atoms with E-state index < -0.39 is 6.61 Å². The molecular formula is C19H21F2N3O2. The van der Waals surface area contributed by atoms with E-state index in [1.165, 1.54) is 29.8 Å². The number of carbonyl (C=O) groups excluding carboxylic acids is 1. The van der Waals surface area contributed by atoms with E-state index in [9.17, 15) is 13.6 Å². The first-order chi connectivity index (χ1) is 12.5. The molecule has 1 saturated carbocycles. The number of halogens is 2. The summed E-state index contributed by atoms with van der Waals surface area (Å²) in [5, 5.41) is 2.86. The molecule has 5 N–H and O–H groups in total. The summed E-state index contributed by atoms with van der Waals surface area (Å²) in [6, 6.07) is 9.42. The second kappa shape index (κ2) is 7.70. The molecule has 0 aromatic heterocycles. The number of amides is 1. The average Bonchev–Trinajstić information content (AvgIpc) is 3.44. The highest BCUT2D eigenvalue weighted by Gasteiger charge is 2.27. The SMILES string of the molecule is NCc1c(N)ccc(C2CC2)c1CNC(=O)c1ccc(OC(F)F)cc1. The molecule has 2 aromatic rings. The second-order valence-electron chi connectivity index (χ2n) is 6.27. The summed E-state index contributed by atoms with van der Waals surface area (Å²) in [6.45, 7) is -2.27. The molecule has 7 heteroatoms. The quantitative estimate of drug-likeness (QED) is 0.661. The van der Waals surface area contributed by atoms with Crippen molar-refractivity contribution in [2.24, 2.45) is 5.73 Å². The van der Waals surface area contributed by atoms with Crippen LogP contribution in [0.3, 0.4) is 0 Å². The Morgan fingerprint density at radius 1 is 1.15 bits per heavy atom. The third-order valence-electron chi connectivity index (χ3n) is 4.49. The van der Waals surface area contributed by atoms with Crippen LogP contribution in [-0.2, 0) is 13.1 Å². The third-order valence-corrected chi connectivity index (χ3v) is 4.49. The molecule has 1 aliphatic rings. The van der Waals surface area contributed by atoms with Crippen LogP contribution in [0.1, 0.15) is 45.8 Å². The number of benzene rings is 2. The first-order valence-electron chi connectivity index (χ1n) is 8.43. The molecule has 0 spiro atoms. The Kier molecular flexibility index (Phi) is 5.37. The molecule has 3 rings (SSSR count). The molecular weight excluding hydrogens is 340 g/mol. The maximum atomic E-state index is 12.4. The van der Waals surface area contributed by atoms with Gasteiger partial charge in [0.1, 0.15) is 5.75 Å². The van der Waals surface area contributed by atoms with Crippen molar-refractivity contribution >= 4 is 11.6 Å². The van der Waals surface area contributed by atoms with Gasteiger partial charge in [-0.2, -0.15) is 8.78 Å². The van der Waals surface area contributed by atoms with Gasteiger partial charge in [-0.15, -0.1) is 0 Å². The van der Waals surface area contributed by atoms with Gasteiger partial charge in [0.15, 0.2) is 0 Å². The summed E-state index contributed by atoms with van der Waals surface area (Å²) in [7, 11) is 0. The van der Waals surface area contributed by atoms with Gasteiger partial charge in [0, 0.05) is 24.3 Å². The van der Waals surface area contributed by atoms with Crippen LogP contribution in [0.2, 0.25) is 0 Å². The van der Waals surface area contributed by atoms with Crippen molar-refractivity contribution in [2.75, 3.05) is 5.73 Å². The molecule has 0 radical (unpaired) electrons. The maximum Gasteiger partial charge on any atom is 0.387 e. The van der Waals surface area contributed by atoms with E-state index in [-0.39, 0.29) is 11.7 Å². The van der Waals surface area contributed by atoms with E-state index in [2.05, 4.69) is 10.1 Å². The molecule has 26 heavy (non-hydrogen) atoms. The largest absolute Gasteiger partial charge is 0.435 e. The number of nitrogens with one attached hydrogen (secondary N) is 1. The minimum absolute atomic E-state index is 0.00817. The molecule has 0 unspecified atom stereocenters. The van der Waals surface area contributed by atoms with Gasteiger partial charge in [0.05, 0.1) is 0 Å². The predicted octanol–water partition coefficient (Wildman–Crippen LogP) is 3.14. The van der Waals surface area contributed by atoms with Crippen LogP contribution in [0.15, 0.2) is 36.4 Å². The third kappa shape index (κ3) is 4.11. The van der Waals surface area contributed by atoms with E-state index in [1.54, 1.807) is 0 Å². The van der Waals surface area contributed by atoms with Crippen molar-refractivity contribution < 1.29 is 18.3 Å². The first-order valence-corrected chi connectivity index (χ1v) is 8.43. The van der Waals surface area contributed by atoms with Gasteiger partial charge in [-0.25, -0.2) is 0 Å². The highest BCUT2D eigenvalue weighted by atomic mass is 19.3. The van der Waals surface area contributed by atoms with Crippen molar-refractivity contribution in [1.29, 1.82) is 0 Å². The number of ether oxygens (including phenoxy) is 1. The first kappa shape index (κ1) is 18.1. The number of nitrogen functional groups attached to an aromatic ring is 1. The molecule has 1 aliphatic carbocycles. The fourth-order valence-electron chi connectivity index (χ4n) is 3.01. The van der Waals surface area contributed by atoms with Gasteiger partial charge in [0.25, 0.3) is 5.91 Å². The molecule has 2 aromatic carbocycles. The summed E-state index contributed by atoms with van der Waals surface area (Å²) in [5.41, 5.74) is 15.9. The van der Waals surface area contributed by atoms with Gasteiger partial charge in [0.2, 0.25) is 0 Å². The van der Waals surface area contributed by atoms with Gasteiger partial charge < -0.3 is 21.5 Å². The van der Waals surface area contributed by atoms with Crippen molar-refractivity contribution in [3.05, 3.63) is 58.7 Å². The monoisotopic (exact) mass is 361 g/mol. The van der Waals surface area contributed by atoms with Crippen LogP contribution >= 0.6 is 0 Å². The lowest BCUT2D eigenvalue weighted by Crippen LogP contribution is -2.25. The van der Waals surface area contributed by atoms with Crippen LogP contribution in [0.4, 0.5) is 14.5 Å². The number of alkyl halides is 2. The number of carbonyl (C=O) groups is 1. The lowest BCUT2D eigenvalue weighted by molar-refractivity contribution is -0.0498.